The van der Waals surface area contributed by atoms with E-state index in [9.17, 15) is 0 Å². The van der Waals surface area contributed by atoms with Gasteiger partial charge in [-0.25, -0.2) is 4.98 Å². The Balaban J connectivity index is 1.93. The maximum absolute atomic E-state index is 4.38. The summed E-state index contributed by atoms with van der Waals surface area (Å²) in [6, 6.07) is 0. The standard InChI is InChI=1S/C10H14BrNS/c11-10-9(12-7-13-10)6-8-4-2-1-3-5-8/h7-8H,1-6H2. The van der Waals surface area contributed by atoms with E-state index in [1.165, 1.54) is 48.0 Å². The Hall–Kier alpha value is 0.110. The molecule has 0 aliphatic heterocycles. The third kappa shape index (κ3) is 2.53. The van der Waals surface area contributed by atoms with Crippen molar-refractivity contribution in [2.75, 3.05) is 0 Å². The highest BCUT2D eigenvalue weighted by Crippen LogP contribution is 2.30. The van der Waals surface area contributed by atoms with E-state index in [-0.39, 0.29) is 0 Å². The van der Waals surface area contributed by atoms with Crippen LogP contribution in [0.2, 0.25) is 0 Å². The lowest BCUT2D eigenvalue weighted by atomic mass is 9.86. The van der Waals surface area contributed by atoms with E-state index in [2.05, 4.69) is 20.9 Å². The average Bonchev–Trinajstić information content (AvgIpc) is 2.54. The zero-order valence-corrected chi connectivity index (χ0v) is 10.0. The van der Waals surface area contributed by atoms with Crippen LogP contribution in [0, 0.1) is 5.92 Å². The number of rotatable bonds is 2. The van der Waals surface area contributed by atoms with Gasteiger partial charge in [0.1, 0.15) is 0 Å². The first-order chi connectivity index (χ1) is 6.36. The molecule has 3 heteroatoms. The predicted molar refractivity (Wildman–Crippen MR) is 60.1 cm³/mol. The summed E-state index contributed by atoms with van der Waals surface area (Å²) in [6.45, 7) is 0. The van der Waals surface area contributed by atoms with Crippen molar-refractivity contribution < 1.29 is 0 Å². The van der Waals surface area contributed by atoms with E-state index >= 15 is 0 Å². The highest BCUT2D eigenvalue weighted by molar-refractivity contribution is 9.11. The van der Waals surface area contributed by atoms with Crippen molar-refractivity contribution in [1.29, 1.82) is 0 Å². The van der Waals surface area contributed by atoms with E-state index in [0.29, 0.717) is 0 Å². The zero-order valence-electron chi connectivity index (χ0n) is 7.63. The van der Waals surface area contributed by atoms with Crippen molar-refractivity contribution in [3.63, 3.8) is 0 Å². The minimum atomic E-state index is 0.896. The molecule has 1 nitrogen and oxygen atoms in total. The molecule has 0 saturated heterocycles. The van der Waals surface area contributed by atoms with Gasteiger partial charge >= 0.3 is 0 Å². The summed E-state index contributed by atoms with van der Waals surface area (Å²) in [5.41, 5.74) is 3.21. The van der Waals surface area contributed by atoms with Crippen molar-refractivity contribution in [2.24, 2.45) is 5.92 Å². The van der Waals surface area contributed by atoms with Crippen LogP contribution >= 0.6 is 27.3 Å². The Labute approximate surface area is 91.7 Å². The van der Waals surface area contributed by atoms with Crippen LogP contribution < -0.4 is 0 Å². The van der Waals surface area contributed by atoms with Gasteiger partial charge in [0.25, 0.3) is 0 Å². The molecule has 13 heavy (non-hydrogen) atoms. The van der Waals surface area contributed by atoms with Gasteiger partial charge < -0.3 is 0 Å². The first-order valence-corrected chi connectivity index (χ1v) is 6.61. The molecule has 1 fully saturated rings. The summed E-state index contributed by atoms with van der Waals surface area (Å²) in [5.74, 6) is 0.896. The molecular weight excluding hydrogens is 246 g/mol. The quantitative estimate of drug-likeness (QED) is 0.782. The molecule has 0 amide bonds. The number of hydrogen-bond donors (Lipinski definition) is 0. The van der Waals surface area contributed by atoms with Gasteiger partial charge in [0.2, 0.25) is 0 Å². The van der Waals surface area contributed by atoms with Crippen LogP contribution in [0.3, 0.4) is 0 Å². The average molecular weight is 260 g/mol. The third-order valence-electron chi connectivity index (χ3n) is 2.80. The van der Waals surface area contributed by atoms with Gasteiger partial charge in [0, 0.05) is 0 Å². The Morgan fingerprint density at radius 3 is 2.77 bits per heavy atom. The minimum absolute atomic E-state index is 0.896. The molecule has 0 aromatic carbocycles. The molecule has 1 aliphatic carbocycles. The minimum Gasteiger partial charge on any atom is -0.248 e. The number of thiazole rings is 1. The molecule has 1 aromatic rings. The number of halogens is 1. The largest absolute Gasteiger partial charge is 0.248 e. The van der Waals surface area contributed by atoms with Crippen LogP contribution in [0.15, 0.2) is 9.30 Å². The van der Waals surface area contributed by atoms with Gasteiger partial charge in [-0.2, -0.15) is 0 Å². The summed E-state index contributed by atoms with van der Waals surface area (Å²) >= 11 is 5.25. The first kappa shape index (κ1) is 9.66. The maximum atomic E-state index is 4.38. The van der Waals surface area contributed by atoms with E-state index in [1.54, 1.807) is 11.3 Å². The second-order valence-electron chi connectivity index (χ2n) is 3.78. The molecule has 0 N–H and O–H groups in total. The lowest BCUT2D eigenvalue weighted by Crippen LogP contribution is -2.09. The molecule has 0 unspecified atom stereocenters. The van der Waals surface area contributed by atoms with Crippen LogP contribution in [-0.2, 0) is 6.42 Å². The molecule has 2 rings (SSSR count). The molecule has 1 saturated carbocycles. The lowest BCUT2D eigenvalue weighted by Gasteiger charge is -2.20. The van der Waals surface area contributed by atoms with Crippen molar-refractivity contribution >= 4 is 27.3 Å². The third-order valence-corrected chi connectivity index (χ3v) is 4.47. The topological polar surface area (TPSA) is 12.9 Å². The Morgan fingerprint density at radius 2 is 2.15 bits per heavy atom. The smallest absolute Gasteiger partial charge is 0.0929 e. The molecule has 72 valence electrons. The lowest BCUT2D eigenvalue weighted by molar-refractivity contribution is 0.354. The highest BCUT2D eigenvalue weighted by atomic mass is 79.9. The molecule has 0 atom stereocenters. The summed E-state index contributed by atoms with van der Waals surface area (Å²) in [6.07, 6.45) is 8.28. The summed E-state index contributed by atoms with van der Waals surface area (Å²) in [5, 5.41) is 0. The summed E-state index contributed by atoms with van der Waals surface area (Å²) in [4.78, 5) is 4.38. The number of hydrogen-bond acceptors (Lipinski definition) is 2. The molecular formula is C10H14BrNS. The van der Waals surface area contributed by atoms with E-state index in [1.807, 2.05) is 5.51 Å². The number of aromatic nitrogens is 1. The molecule has 0 spiro atoms. The first-order valence-electron chi connectivity index (χ1n) is 4.94. The van der Waals surface area contributed by atoms with Crippen LogP contribution in [0.4, 0.5) is 0 Å². The zero-order chi connectivity index (χ0) is 9.10. The Kier molecular flexibility index (Phi) is 3.39. The molecule has 1 aliphatic rings. The second-order valence-corrected chi connectivity index (χ2v) is 5.95. The molecule has 0 radical (unpaired) electrons. The summed E-state index contributed by atoms with van der Waals surface area (Å²) < 4.78 is 1.23. The van der Waals surface area contributed by atoms with Crippen molar-refractivity contribution in [2.45, 2.75) is 38.5 Å². The number of nitrogens with zero attached hydrogens (tertiary/aromatic N) is 1. The van der Waals surface area contributed by atoms with Gasteiger partial charge in [0.15, 0.2) is 0 Å². The second kappa shape index (κ2) is 4.56. The highest BCUT2D eigenvalue weighted by Gasteiger charge is 2.16. The van der Waals surface area contributed by atoms with Gasteiger partial charge in [-0.1, -0.05) is 32.1 Å². The van der Waals surface area contributed by atoms with Gasteiger partial charge in [-0.15, -0.1) is 11.3 Å². The van der Waals surface area contributed by atoms with Crippen LogP contribution in [0.25, 0.3) is 0 Å². The fourth-order valence-electron chi connectivity index (χ4n) is 2.05. The van der Waals surface area contributed by atoms with Crippen LogP contribution in [-0.4, -0.2) is 4.98 Å². The maximum Gasteiger partial charge on any atom is 0.0929 e. The fraction of sp³-hybridized carbons (Fsp3) is 0.700. The van der Waals surface area contributed by atoms with Crippen LogP contribution in [0.5, 0.6) is 0 Å². The van der Waals surface area contributed by atoms with E-state index in [0.717, 1.165) is 5.92 Å². The van der Waals surface area contributed by atoms with Crippen molar-refractivity contribution in [1.82, 2.24) is 4.98 Å². The predicted octanol–water partition coefficient (Wildman–Crippen LogP) is 4.03. The van der Waals surface area contributed by atoms with Gasteiger partial charge in [0.05, 0.1) is 15.0 Å². The normalized spacial score (nSPS) is 19.2. The molecule has 1 heterocycles. The van der Waals surface area contributed by atoms with E-state index in [4.69, 9.17) is 0 Å². The van der Waals surface area contributed by atoms with E-state index < -0.39 is 0 Å². The monoisotopic (exact) mass is 259 g/mol. The fourth-order valence-corrected chi connectivity index (χ4v) is 3.11. The SMILES string of the molecule is Brc1scnc1CC1CCCCC1. The summed E-state index contributed by atoms with van der Waals surface area (Å²) in [7, 11) is 0. The Morgan fingerprint density at radius 1 is 1.38 bits per heavy atom. The molecule has 1 aromatic heterocycles. The molecule has 0 bridgehead atoms. The van der Waals surface area contributed by atoms with Crippen molar-refractivity contribution in [3.8, 4) is 0 Å². The van der Waals surface area contributed by atoms with Crippen LogP contribution in [0.1, 0.15) is 37.8 Å². The van der Waals surface area contributed by atoms with Crippen molar-refractivity contribution in [3.05, 3.63) is 15.0 Å². The van der Waals surface area contributed by atoms with Gasteiger partial charge in [-0.05, 0) is 28.3 Å². The van der Waals surface area contributed by atoms with Gasteiger partial charge in [-0.3, -0.25) is 0 Å². The Bertz CT molecular complexity index is 266.